The quantitative estimate of drug-likeness (QED) is 0.376. The van der Waals surface area contributed by atoms with E-state index in [4.69, 9.17) is 4.74 Å². The van der Waals surface area contributed by atoms with Crippen molar-refractivity contribution in [2.24, 2.45) is 0 Å². The predicted molar refractivity (Wildman–Crippen MR) is 124 cm³/mol. The molecule has 0 aliphatic carbocycles. The lowest BCUT2D eigenvalue weighted by Crippen LogP contribution is -2.39. The molecule has 4 rings (SSSR count). The van der Waals surface area contributed by atoms with Gasteiger partial charge in [-0.15, -0.1) is 11.3 Å². The first-order chi connectivity index (χ1) is 15.0. The highest BCUT2D eigenvalue weighted by molar-refractivity contribution is 7.13. The normalized spacial score (nSPS) is 10.9. The second kappa shape index (κ2) is 9.10. The fourth-order valence-corrected chi connectivity index (χ4v) is 4.17. The van der Waals surface area contributed by atoms with Crippen molar-refractivity contribution in [3.05, 3.63) is 83.7 Å². The second-order valence-corrected chi connectivity index (χ2v) is 8.27. The number of hydrogen-bond acceptors (Lipinski definition) is 5. The molecule has 0 aliphatic heterocycles. The summed E-state index contributed by atoms with van der Waals surface area (Å²) in [5.74, 6) is -0.812. The fraction of sp³-hybridized carbons (Fsp3) is 0.160. The number of carbonyl (C=O) groups excluding carboxylic acids is 2. The van der Waals surface area contributed by atoms with Crippen molar-refractivity contribution in [3.8, 4) is 10.6 Å². The van der Waals surface area contributed by atoms with Crippen molar-refractivity contribution in [3.63, 3.8) is 0 Å². The number of esters is 1. The van der Waals surface area contributed by atoms with E-state index in [1.54, 1.807) is 22.3 Å². The van der Waals surface area contributed by atoms with Crippen LogP contribution in [0, 0.1) is 0 Å². The number of fused-ring (bicyclic) bond motifs is 1. The third kappa shape index (κ3) is 4.49. The number of rotatable bonds is 6. The first kappa shape index (κ1) is 20.8. The molecule has 5 nitrogen and oxygen atoms in total. The molecule has 31 heavy (non-hydrogen) atoms. The number of ether oxygens (including phenoxy) is 1. The molecule has 0 spiro atoms. The molecule has 0 bridgehead atoms. The van der Waals surface area contributed by atoms with Gasteiger partial charge in [0.1, 0.15) is 0 Å². The SMILES string of the molecule is CC(C)N(C(=O)COC(=O)c1cc(-c2cccs2)nc2ccccc12)c1ccccc1. The summed E-state index contributed by atoms with van der Waals surface area (Å²) in [4.78, 5) is 33.1. The molecular weight excluding hydrogens is 408 g/mol. The largest absolute Gasteiger partial charge is 0.452 e. The Hall–Kier alpha value is -3.51. The zero-order valence-corrected chi connectivity index (χ0v) is 18.1. The van der Waals surface area contributed by atoms with Crippen molar-refractivity contribution < 1.29 is 14.3 Å². The summed E-state index contributed by atoms with van der Waals surface area (Å²) in [5.41, 5.74) is 2.59. The van der Waals surface area contributed by atoms with Crippen molar-refractivity contribution in [1.82, 2.24) is 4.98 Å². The summed E-state index contributed by atoms with van der Waals surface area (Å²) >= 11 is 1.55. The maximum Gasteiger partial charge on any atom is 0.339 e. The Morgan fingerprint density at radius 2 is 1.74 bits per heavy atom. The topological polar surface area (TPSA) is 59.5 Å². The lowest BCUT2D eigenvalue weighted by atomic mass is 10.1. The molecule has 0 saturated carbocycles. The molecule has 0 aliphatic rings. The maximum absolute atomic E-state index is 13.0. The minimum absolute atomic E-state index is 0.0687. The molecule has 4 aromatic rings. The molecular formula is C25H22N2O3S. The van der Waals surface area contributed by atoms with Crippen LogP contribution in [0.1, 0.15) is 24.2 Å². The molecule has 2 heterocycles. The van der Waals surface area contributed by atoms with Gasteiger partial charge in [-0.1, -0.05) is 42.5 Å². The monoisotopic (exact) mass is 430 g/mol. The van der Waals surface area contributed by atoms with Gasteiger partial charge >= 0.3 is 5.97 Å². The van der Waals surface area contributed by atoms with Gasteiger partial charge in [0.25, 0.3) is 5.91 Å². The van der Waals surface area contributed by atoms with Gasteiger partial charge in [-0.2, -0.15) is 0 Å². The van der Waals surface area contributed by atoms with Gasteiger partial charge in [-0.3, -0.25) is 4.79 Å². The Kier molecular flexibility index (Phi) is 6.09. The summed E-state index contributed by atoms with van der Waals surface area (Å²) in [7, 11) is 0. The molecule has 0 radical (unpaired) electrons. The third-order valence-corrected chi connectivity index (χ3v) is 5.75. The Morgan fingerprint density at radius 1 is 1.00 bits per heavy atom. The molecule has 0 N–H and O–H groups in total. The van der Waals surface area contributed by atoms with Crippen molar-refractivity contribution in [1.29, 1.82) is 0 Å². The van der Waals surface area contributed by atoms with Gasteiger partial charge in [0.15, 0.2) is 6.61 Å². The maximum atomic E-state index is 13.0. The molecule has 0 fully saturated rings. The van der Waals surface area contributed by atoms with E-state index in [0.717, 1.165) is 10.6 Å². The van der Waals surface area contributed by atoms with Crippen molar-refractivity contribution >= 4 is 39.8 Å². The second-order valence-electron chi connectivity index (χ2n) is 7.32. The Morgan fingerprint density at radius 3 is 2.45 bits per heavy atom. The number of aromatic nitrogens is 1. The Labute approximate surface area is 184 Å². The van der Waals surface area contributed by atoms with Gasteiger partial charge in [-0.25, -0.2) is 9.78 Å². The van der Waals surface area contributed by atoms with Gasteiger partial charge < -0.3 is 9.64 Å². The van der Waals surface area contributed by atoms with Gasteiger partial charge in [0.05, 0.1) is 21.7 Å². The summed E-state index contributed by atoms with van der Waals surface area (Å²) in [6.07, 6.45) is 0. The number of amides is 1. The number of para-hydroxylation sites is 2. The van der Waals surface area contributed by atoms with Crippen LogP contribution >= 0.6 is 11.3 Å². The first-order valence-corrected chi connectivity index (χ1v) is 10.9. The highest BCUT2D eigenvalue weighted by Crippen LogP contribution is 2.28. The minimum atomic E-state index is -0.540. The summed E-state index contributed by atoms with van der Waals surface area (Å²) < 4.78 is 5.47. The zero-order valence-electron chi connectivity index (χ0n) is 17.3. The number of thiophene rings is 1. The van der Waals surface area contributed by atoms with Crippen LogP contribution in [-0.2, 0) is 9.53 Å². The number of hydrogen-bond donors (Lipinski definition) is 0. The predicted octanol–water partition coefficient (Wildman–Crippen LogP) is 5.56. The standard InChI is InChI=1S/C25H22N2O3S/c1-17(2)27(18-9-4-3-5-10-18)24(28)16-30-25(29)20-15-22(23-13-8-14-31-23)26-21-12-7-6-11-19(20)21/h3-15,17H,16H2,1-2H3. The fourth-order valence-electron chi connectivity index (χ4n) is 3.49. The average Bonchev–Trinajstić information content (AvgIpc) is 3.32. The summed E-state index contributed by atoms with van der Waals surface area (Å²) in [5, 5.41) is 2.66. The first-order valence-electron chi connectivity index (χ1n) is 10.0. The van der Waals surface area contributed by atoms with E-state index in [2.05, 4.69) is 4.98 Å². The van der Waals surface area contributed by atoms with E-state index in [1.165, 1.54) is 0 Å². The van der Waals surface area contributed by atoms with Crippen LogP contribution in [0.25, 0.3) is 21.5 Å². The molecule has 2 aromatic carbocycles. The van der Waals surface area contributed by atoms with Gasteiger partial charge in [-0.05, 0) is 49.6 Å². The smallest absolute Gasteiger partial charge is 0.339 e. The molecule has 0 unspecified atom stereocenters. The van der Waals surface area contributed by atoms with Crippen LogP contribution in [0.2, 0.25) is 0 Å². The number of benzene rings is 2. The number of carbonyl (C=O) groups is 2. The lowest BCUT2D eigenvalue weighted by molar-refractivity contribution is -0.122. The average molecular weight is 431 g/mol. The highest BCUT2D eigenvalue weighted by atomic mass is 32.1. The van der Waals surface area contributed by atoms with E-state index in [0.29, 0.717) is 22.2 Å². The molecule has 6 heteroatoms. The zero-order chi connectivity index (χ0) is 21.8. The molecule has 2 aromatic heterocycles. The molecule has 0 atom stereocenters. The van der Waals surface area contributed by atoms with E-state index < -0.39 is 5.97 Å². The van der Waals surface area contributed by atoms with Crippen LogP contribution < -0.4 is 4.90 Å². The number of anilines is 1. The van der Waals surface area contributed by atoms with Crippen molar-refractivity contribution in [2.75, 3.05) is 11.5 Å². The minimum Gasteiger partial charge on any atom is -0.452 e. The van der Waals surface area contributed by atoms with Crippen LogP contribution in [0.15, 0.2) is 78.2 Å². The highest BCUT2D eigenvalue weighted by Gasteiger charge is 2.22. The van der Waals surface area contributed by atoms with E-state index in [9.17, 15) is 9.59 Å². The van der Waals surface area contributed by atoms with Gasteiger partial charge in [0, 0.05) is 17.1 Å². The van der Waals surface area contributed by atoms with E-state index in [-0.39, 0.29) is 18.6 Å². The van der Waals surface area contributed by atoms with E-state index >= 15 is 0 Å². The van der Waals surface area contributed by atoms with Crippen molar-refractivity contribution in [2.45, 2.75) is 19.9 Å². The van der Waals surface area contributed by atoms with Crippen LogP contribution in [0.4, 0.5) is 5.69 Å². The Bertz CT molecular complexity index is 1200. The van der Waals surface area contributed by atoms with Gasteiger partial charge in [0.2, 0.25) is 0 Å². The van der Waals surface area contributed by atoms with E-state index in [1.807, 2.05) is 86.0 Å². The summed E-state index contributed by atoms with van der Waals surface area (Å²) in [6, 6.07) is 22.4. The summed E-state index contributed by atoms with van der Waals surface area (Å²) in [6.45, 7) is 3.52. The molecule has 156 valence electrons. The third-order valence-electron chi connectivity index (χ3n) is 4.86. The molecule has 1 amide bonds. The Balaban J connectivity index is 1.59. The van der Waals surface area contributed by atoms with Crippen LogP contribution in [0.3, 0.4) is 0 Å². The molecule has 0 saturated heterocycles. The van der Waals surface area contributed by atoms with Crippen LogP contribution in [0.5, 0.6) is 0 Å². The number of nitrogens with zero attached hydrogens (tertiary/aromatic N) is 2. The lowest BCUT2D eigenvalue weighted by Gasteiger charge is -2.26. The number of pyridine rings is 1. The van der Waals surface area contributed by atoms with Crippen LogP contribution in [-0.4, -0.2) is 29.5 Å².